The number of rotatable bonds is 50. The average molecular weight is 1020 g/mol. The summed E-state index contributed by atoms with van der Waals surface area (Å²) < 4.78 is 20.4. The molecule has 2 saturated heterocycles. The molecule has 0 spiro atoms. The highest BCUT2D eigenvalue weighted by molar-refractivity contribution is 6.03. The van der Waals surface area contributed by atoms with E-state index in [1.165, 1.54) is 133 Å². The second-order valence-corrected chi connectivity index (χ2v) is 22.4. The lowest BCUT2D eigenvalue weighted by molar-refractivity contribution is -0.188. The van der Waals surface area contributed by atoms with Crippen molar-refractivity contribution in [1.29, 1.82) is 0 Å². The second-order valence-electron chi connectivity index (χ2n) is 22.4. The predicted octanol–water partition coefficient (Wildman–Crippen LogP) is 16.5. The topological polar surface area (TPSA) is 97.4 Å². The van der Waals surface area contributed by atoms with Gasteiger partial charge in [-0.3, -0.25) is 19.3 Å². The summed E-state index contributed by atoms with van der Waals surface area (Å²) in [6, 6.07) is 0. The summed E-state index contributed by atoms with van der Waals surface area (Å²) in [5.41, 5.74) is 0. The SMILES string of the molecule is CCCCC/C=C\C/C=C\CCCCCCCCC1(CCCCCCCC/C=C\C/C=C\CCCCC)OC(CCOCCCCCCNC(=O)CCCCCN2C(=O)CC(C(C)C)C2=O)C(CCN(C)C)O1. The third-order valence-electron chi connectivity index (χ3n) is 15.0. The maximum atomic E-state index is 12.5. The molecule has 0 bridgehead atoms. The molecule has 2 aliphatic rings. The Hall–Kier alpha value is -2.59. The van der Waals surface area contributed by atoms with E-state index in [2.05, 4.69) is 86.8 Å². The van der Waals surface area contributed by atoms with Crippen molar-refractivity contribution in [3.8, 4) is 0 Å². The van der Waals surface area contributed by atoms with Gasteiger partial charge in [0.2, 0.25) is 17.7 Å². The summed E-state index contributed by atoms with van der Waals surface area (Å²) in [6.07, 6.45) is 60.2. The van der Waals surface area contributed by atoms with Crippen molar-refractivity contribution in [2.75, 3.05) is 46.9 Å². The number of likely N-dealkylation sites (tertiary alicyclic amines) is 1. The molecule has 0 aliphatic carbocycles. The number of hydrogen-bond donors (Lipinski definition) is 1. The van der Waals surface area contributed by atoms with Crippen LogP contribution in [0.25, 0.3) is 0 Å². The summed E-state index contributed by atoms with van der Waals surface area (Å²) >= 11 is 0. The number of nitrogens with zero attached hydrogens (tertiary/aromatic N) is 2. The van der Waals surface area contributed by atoms with E-state index in [9.17, 15) is 14.4 Å². The minimum atomic E-state index is -0.476. The molecule has 0 radical (unpaired) electrons. The molecular formula is C64H115N3O6. The van der Waals surface area contributed by atoms with E-state index >= 15 is 0 Å². The van der Waals surface area contributed by atoms with Gasteiger partial charge in [-0.15, -0.1) is 0 Å². The fraction of sp³-hybridized carbons (Fsp3) is 0.828. The highest BCUT2D eigenvalue weighted by Crippen LogP contribution is 2.40. The Morgan fingerprint density at radius 3 is 1.62 bits per heavy atom. The van der Waals surface area contributed by atoms with Gasteiger partial charge in [0.05, 0.1) is 12.2 Å². The van der Waals surface area contributed by atoms with Gasteiger partial charge in [0.25, 0.3) is 0 Å². The average Bonchev–Trinajstić information content (AvgIpc) is 3.87. The van der Waals surface area contributed by atoms with Gasteiger partial charge in [0, 0.05) is 64.4 Å². The molecule has 2 aliphatic heterocycles. The highest BCUT2D eigenvalue weighted by atomic mass is 16.8. The summed E-state index contributed by atoms with van der Waals surface area (Å²) in [5.74, 6) is -0.443. The Kier molecular flexibility index (Phi) is 41.5. The molecule has 422 valence electrons. The first kappa shape index (κ1) is 66.5. The van der Waals surface area contributed by atoms with E-state index < -0.39 is 5.79 Å². The third kappa shape index (κ3) is 34.6. The number of allylic oxidation sites excluding steroid dienone is 8. The van der Waals surface area contributed by atoms with Gasteiger partial charge in [0.1, 0.15) is 0 Å². The number of carbonyl (C=O) groups is 3. The normalized spacial score (nSPS) is 18.3. The Balaban J connectivity index is 1.72. The lowest BCUT2D eigenvalue weighted by Gasteiger charge is -2.29. The summed E-state index contributed by atoms with van der Waals surface area (Å²) in [6.45, 7) is 12.1. The first-order valence-corrected chi connectivity index (χ1v) is 30.9. The molecule has 3 atom stereocenters. The summed E-state index contributed by atoms with van der Waals surface area (Å²) in [5, 5.41) is 3.07. The largest absolute Gasteiger partial charge is 0.381 e. The van der Waals surface area contributed by atoms with Gasteiger partial charge in [-0.2, -0.15) is 0 Å². The number of ether oxygens (including phenoxy) is 3. The Morgan fingerprint density at radius 1 is 0.616 bits per heavy atom. The van der Waals surface area contributed by atoms with Crippen LogP contribution in [0, 0.1) is 11.8 Å². The second kappa shape index (κ2) is 45.6. The van der Waals surface area contributed by atoms with Crippen LogP contribution in [-0.4, -0.2) is 92.5 Å². The van der Waals surface area contributed by atoms with Gasteiger partial charge in [0.15, 0.2) is 5.79 Å². The smallest absolute Gasteiger partial charge is 0.233 e. The molecule has 73 heavy (non-hydrogen) atoms. The molecule has 0 aromatic carbocycles. The molecule has 0 aromatic heterocycles. The lowest BCUT2D eigenvalue weighted by atomic mass is 9.94. The molecule has 3 amide bonds. The molecule has 2 heterocycles. The van der Waals surface area contributed by atoms with E-state index in [1.54, 1.807) is 0 Å². The zero-order chi connectivity index (χ0) is 52.9. The Morgan fingerprint density at radius 2 is 1.10 bits per heavy atom. The number of nitrogens with one attached hydrogen (secondary N) is 1. The van der Waals surface area contributed by atoms with Gasteiger partial charge in [-0.1, -0.05) is 173 Å². The fourth-order valence-corrected chi connectivity index (χ4v) is 10.2. The van der Waals surface area contributed by atoms with Crippen molar-refractivity contribution in [3.63, 3.8) is 0 Å². The maximum Gasteiger partial charge on any atom is 0.233 e. The van der Waals surface area contributed by atoms with Gasteiger partial charge >= 0.3 is 0 Å². The molecular weight excluding hydrogens is 907 g/mol. The van der Waals surface area contributed by atoms with Crippen molar-refractivity contribution >= 4 is 17.7 Å². The first-order valence-electron chi connectivity index (χ1n) is 30.9. The van der Waals surface area contributed by atoms with Gasteiger partial charge in [-0.05, 0) is 136 Å². The summed E-state index contributed by atoms with van der Waals surface area (Å²) in [4.78, 5) is 40.9. The fourth-order valence-electron chi connectivity index (χ4n) is 10.2. The zero-order valence-electron chi connectivity index (χ0n) is 48.5. The Bertz CT molecular complexity index is 1420. The first-order chi connectivity index (χ1) is 35.6. The van der Waals surface area contributed by atoms with Gasteiger partial charge < -0.3 is 24.4 Å². The van der Waals surface area contributed by atoms with Crippen molar-refractivity contribution in [1.82, 2.24) is 15.1 Å². The van der Waals surface area contributed by atoms with E-state index in [0.717, 1.165) is 109 Å². The van der Waals surface area contributed by atoms with Crippen LogP contribution in [0.15, 0.2) is 48.6 Å². The van der Waals surface area contributed by atoms with E-state index in [0.29, 0.717) is 32.5 Å². The monoisotopic (exact) mass is 1020 g/mol. The van der Waals surface area contributed by atoms with Crippen LogP contribution in [0.5, 0.6) is 0 Å². The van der Waals surface area contributed by atoms with Crippen LogP contribution in [0.4, 0.5) is 0 Å². The van der Waals surface area contributed by atoms with Crippen molar-refractivity contribution < 1.29 is 28.6 Å². The van der Waals surface area contributed by atoms with Crippen LogP contribution in [0.1, 0.15) is 265 Å². The van der Waals surface area contributed by atoms with E-state index in [-0.39, 0.29) is 41.8 Å². The quantitative estimate of drug-likeness (QED) is 0.0368. The lowest BCUT2D eigenvalue weighted by Crippen LogP contribution is -2.32. The third-order valence-corrected chi connectivity index (χ3v) is 15.0. The molecule has 0 saturated carbocycles. The number of hydrogen-bond acceptors (Lipinski definition) is 7. The predicted molar refractivity (Wildman–Crippen MR) is 309 cm³/mol. The molecule has 0 aromatic rings. The molecule has 9 heteroatoms. The van der Waals surface area contributed by atoms with Crippen LogP contribution >= 0.6 is 0 Å². The van der Waals surface area contributed by atoms with Crippen molar-refractivity contribution in [3.05, 3.63) is 48.6 Å². The van der Waals surface area contributed by atoms with Crippen LogP contribution < -0.4 is 5.32 Å². The van der Waals surface area contributed by atoms with Crippen LogP contribution in [-0.2, 0) is 28.6 Å². The standard InChI is InChI=1S/C64H115N3O6/c1-7-9-11-13-15-17-19-21-23-25-27-29-31-33-35-41-49-64(50-42-36-34-32-30-28-26-24-22-20-18-16-14-12-10-8-2)72-59(47-53-66(5)6)60(73-64)48-55-71-54-45-38-37-43-51-65-61(68)46-40-39-44-52-67-62(69)56-58(57(3)4)63(67)70/h15-18,21-24,57-60H,7-14,19-20,25-56H2,1-6H3,(H,65,68)/b17-15-,18-16-,23-21-,24-22-. The van der Waals surface area contributed by atoms with Crippen LogP contribution in [0.2, 0.25) is 0 Å². The van der Waals surface area contributed by atoms with Gasteiger partial charge in [-0.25, -0.2) is 0 Å². The Labute approximate surface area is 450 Å². The number of unbranched alkanes of at least 4 members (excludes halogenated alkanes) is 23. The number of carbonyl (C=O) groups excluding carboxylic acids is 3. The molecule has 2 fully saturated rings. The maximum absolute atomic E-state index is 12.5. The highest BCUT2D eigenvalue weighted by Gasteiger charge is 2.46. The molecule has 1 N–H and O–H groups in total. The van der Waals surface area contributed by atoms with E-state index in [4.69, 9.17) is 14.2 Å². The summed E-state index contributed by atoms with van der Waals surface area (Å²) in [7, 11) is 4.31. The zero-order valence-corrected chi connectivity index (χ0v) is 48.5. The minimum Gasteiger partial charge on any atom is -0.381 e. The van der Waals surface area contributed by atoms with Crippen LogP contribution in [0.3, 0.4) is 0 Å². The minimum absolute atomic E-state index is 0.0225. The van der Waals surface area contributed by atoms with E-state index in [1.807, 2.05) is 13.8 Å². The number of amides is 3. The van der Waals surface area contributed by atoms with Crippen molar-refractivity contribution in [2.45, 2.75) is 283 Å². The molecule has 3 unspecified atom stereocenters. The molecule has 9 nitrogen and oxygen atoms in total. The molecule has 2 rings (SSSR count). The van der Waals surface area contributed by atoms with Crippen molar-refractivity contribution in [2.24, 2.45) is 11.8 Å². The number of imide groups is 1.